The maximum Gasteiger partial charge on any atom is 0.156 e. The summed E-state index contributed by atoms with van der Waals surface area (Å²) in [5.74, 6) is 2.40. The van der Waals surface area contributed by atoms with Gasteiger partial charge in [-0.25, -0.2) is 0 Å². The van der Waals surface area contributed by atoms with Crippen LogP contribution < -0.4 is 10.6 Å². The van der Waals surface area contributed by atoms with Gasteiger partial charge < -0.3 is 10.6 Å². The molecule has 0 bridgehead atoms. The number of hydrogen-bond donors (Lipinski definition) is 1. The van der Waals surface area contributed by atoms with Gasteiger partial charge in [0.25, 0.3) is 0 Å². The van der Waals surface area contributed by atoms with E-state index in [1.807, 2.05) is 0 Å². The van der Waals surface area contributed by atoms with Crippen LogP contribution in [0.4, 0.5) is 5.82 Å². The molecule has 21 heavy (non-hydrogen) atoms. The van der Waals surface area contributed by atoms with Crippen LogP contribution >= 0.6 is 0 Å². The fraction of sp³-hybridized carbons (Fsp3) is 0.765. The molecule has 0 radical (unpaired) electrons. The molecular formula is C17H30N4. The summed E-state index contributed by atoms with van der Waals surface area (Å²) in [5, 5.41) is 9.06. The monoisotopic (exact) mass is 290 g/mol. The number of aromatic nitrogens is 2. The van der Waals surface area contributed by atoms with E-state index in [9.17, 15) is 0 Å². The number of aryl methyl sites for hydroxylation is 1. The second-order valence-electron chi connectivity index (χ2n) is 6.55. The van der Waals surface area contributed by atoms with E-state index in [-0.39, 0.29) is 0 Å². The summed E-state index contributed by atoms with van der Waals surface area (Å²) >= 11 is 0. The van der Waals surface area contributed by atoms with Gasteiger partial charge in [0.05, 0.1) is 5.69 Å². The first-order valence-electron chi connectivity index (χ1n) is 8.37. The molecule has 0 aliphatic carbocycles. The van der Waals surface area contributed by atoms with Crippen LogP contribution in [0.3, 0.4) is 0 Å². The third kappa shape index (κ3) is 3.05. The van der Waals surface area contributed by atoms with Gasteiger partial charge in [0, 0.05) is 24.7 Å². The highest BCUT2D eigenvalue weighted by atomic mass is 15.3. The number of hydrogen-bond acceptors (Lipinski definition) is 4. The molecule has 1 aromatic heterocycles. The SMILES string of the molecule is CCc1nnc(N2CC(C)CC(C)C2C)c(CN)c1CC. The number of piperidine rings is 1. The van der Waals surface area contributed by atoms with Gasteiger partial charge in [-0.2, -0.15) is 5.10 Å². The molecule has 1 saturated heterocycles. The van der Waals surface area contributed by atoms with Gasteiger partial charge in [0.15, 0.2) is 5.82 Å². The van der Waals surface area contributed by atoms with Crippen LogP contribution in [0.15, 0.2) is 0 Å². The van der Waals surface area contributed by atoms with Crippen molar-refractivity contribution in [3.05, 3.63) is 16.8 Å². The topological polar surface area (TPSA) is 55.0 Å². The van der Waals surface area contributed by atoms with Crippen molar-refractivity contribution >= 4 is 5.82 Å². The quantitative estimate of drug-likeness (QED) is 0.926. The molecule has 4 heteroatoms. The minimum absolute atomic E-state index is 0.498. The van der Waals surface area contributed by atoms with Crippen molar-refractivity contribution in [3.8, 4) is 0 Å². The predicted molar refractivity (Wildman–Crippen MR) is 88.4 cm³/mol. The van der Waals surface area contributed by atoms with Gasteiger partial charge >= 0.3 is 0 Å². The van der Waals surface area contributed by atoms with Crippen LogP contribution in [0, 0.1) is 11.8 Å². The van der Waals surface area contributed by atoms with E-state index in [0.29, 0.717) is 24.4 Å². The third-order valence-corrected chi connectivity index (χ3v) is 5.01. The molecule has 3 atom stereocenters. The zero-order valence-electron chi connectivity index (χ0n) is 14.2. The number of rotatable bonds is 4. The molecule has 1 aromatic rings. The van der Waals surface area contributed by atoms with Crippen LogP contribution in [0.5, 0.6) is 0 Å². The second kappa shape index (κ2) is 6.73. The first kappa shape index (κ1) is 16.2. The summed E-state index contributed by atoms with van der Waals surface area (Å²) in [4.78, 5) is 2.44. The largest absolute Gasteiger partial charge is 0.352 e. The fourth-order valence-corrected chi connectivity index (χ4v) is 3.68. The smallest absolute Gasteiger partial charge is 0.156 e. The Morgan fingerprint density at radius 1 is 1.10 bits per heavy atom. The summed E-state index contributed by atoms with van der Waals surface area (Å²) in [6, 6.07) is 0.498. The lowest BCUT2D eigenvalue weighted by Gasteiger charge is -2.42. The minimum atomic E-state index is 0.498. The molecule has 2 heterocycles. The highest BCUT2D eigenvalue weighted by molar-refractivity contribution is 5.52. The molecule has 118 valence electrons. The summed E-state index contributed by atoms with van der Waals surface area (Å²) in [6.07, 6.45) is 3.19. The number of nitrogens with two attached hydrogens (primary N) is 1. The summed E-state index contributed by atoms with van der Waals surface area (Å²) in [5.41, 5.74) is 9.70. The second-order valence-corrected chi connectivity index (χ2v) is 6.55. The van der Waals surface area contributed by atoms with E-state index in [4.69, 9.17) is 5.73 Å². The van der Waals surface area contributed by atoms with E-state index in [0.717, 1.165) is 30.9 Å². The molecule has 0 amide bonds. The molecule has 3 unspecified atom stereocenters. The lowest BCUT2D eigenvalue weighted by molar-refractivity contribution is 0.294. The van der Waals surface area contributed by atoms with Gasteiger partial charge in [0.1, 0.15) is 0 Å². The van der Waals surface area contributed by atoms with Crippen molar-refractivity contribution in [2.75, 3.05) is 11.4 Å². The fourth-order valence-electron chi connectivity index (χ4n) is 3.68. The van der Waals surface area contributed by atoms with E-state index in [1.54, 1.807) is 0 Å². The van der Waals surface area contributed by atoms with Crippen LogP contribution in [0.2, 0.25) is 0 Å². The van der Waals surface area contributed by atoms with Crippen molar-refractivity contribution in [2.24, 2.45) is 17.6 Å². The number of nitrogens with zero attached hydrogens (tertiary/aromatic N) is 3. The van der Waals surface area contributed by atoms with Crippen LogP contribution in [0.1, 0.15) is 57.9 Å². The van der Waals surface area contributed by atoms with Gasteiger partial charge in [0.2, 0.25) is 0 Å². The van der Waals surface area contributed by atoms with E-state index in [1.165, 1.54) is 17.5 Å². The van der Waals surface area contributed by atoms with Crippen LogP contribution in [-0.2, 0) is 19.4 Å². The molecule has 2 N–H and O–H groups in total. The van der Waals surface area contributed by atoms with Gasteiger partial charge in [-0.3, -0.25) is 0 Å². The first-order chi connectivity index (χ1) is 10.0. The highest BCUT2D eigenvalue weighted by Crippen LogP contribution is 2.33. The Balaban J connectivity index is 2.47. The van der Waals surface area contributed by atoms with E-state index in [2.05, 4.69) is 49.7 Å². The Labute approximate surface area is 129 Å². The van der Waals surface area contributed by atoms with E-state index < -0.39 is 0 Å². The maximum absolute atomic E-state index is 6.08. The normalized spacial score (nSPS) is 26.2. The molecular weight excluding hydrogens is 260 g/mol. The van der Waals surface area contributed by atoms with Crippen molar-refractivity contribution in [2.45, 2.75) is 66.5 Å². The average molecular weight is 290 g/mol. The van der Waals surface area contributed by atoms with Crippen molar-refractivity contribution in [1.82, 2.24) is 10.2 Å². The summed E-state index contributed by atoms with van der Waals surface area (Å²) in [7, 11) is 0. The molecule has 2 rings (SSSR count). The van der Waals surface area contributed by atoms with E-state index >= 15 is 0 Å². The minimum Gasteiger partial charge on any atom is -0.352 e. The standard InChI is InChI=1S/C17H30N4/c1-6-14-15(9-18)17(20-19-16(14)7-2)21-10-11(3)8-12(4)13(21)5/h11-13H,6-10,18H2,1-5H3. The molecule has 0 aromatic carbocycles. The lowest BCUT2D eigenvalue weighted by Crippen LogP contribution is -2.47. The Morgan fingerprint density at radius 3 is 2.38 bits per heavy atom. The summed E-state index contributed by atoms with van der Waals surface area (Å²) in [6.45, 7) is 12.9. The van der Waals surface area contributed by atoms with Crippen molar-refractivity contribution in [1.29, 1.82) is 0 Å². The molecule has 0 spiro atoms. The van der Waals surface area contributed by atoms with Crippen molar-refractivity contribution in [3.63, 3.8) is 0 Å². The van der Waals surface area contributed by atoms with Gasteiger partial charge in [-0.05, 0) is 43.6 Å². The molecule has 0 saturated carbocycles. The Kier molecular flexibility index (Phi) is 5.20. The highest BCUT2D eigenvalue weighted by Gasteiger charge is 2.31. The zero-order valence-corrected chi connectivity index (χ0v) is 14.2. The Morgan fingerprint density at radius 2 is 1.81 bits per heavy atom. The van der Waals surface area contributed by atoms with Crippen molar-refractivity contribution < 1.29 is 0 Å². The summed E-state index contributed by atoms with van der Waals surface area (Å²) < 4.78 is 0. The van der Waals surface area contributed by atoms with Crippen LogP contribution in [0.25, 0.3) is 0 Å². The molecule has 1 aliphatic heterocycles. The lowest BCUT2D eigenvalue weighted by atomic mass is 9.85. The number of anilines is 1. The predicted octanol–water partition coefficient (Wildman–Crippen LogP) is 2.93. The van der Waals surface area contributed by atoms with Gasteiger partial charge in [-0.15, -0.1) is 5.10 Å². The third-order valence-electron chi connectivity index (χ3n) is 5.01. The molecule has 1 aliphatic rings. The zero-order chi connectivity index (χ0) is 15.6. The molecule has 4 nitrogen and oxygen atoms in total. The average Bonchev–Trinajstić information content (AvgIpc) is 2.49. The van der Waals surface area contributed by atoms with Gasteiger partial charge in [-0.1, -0.05) is 27.7 Å². The Hall–Kier alpha value is -1.16. The molecule has 1 fully saturated rings. The maximum atomic E-state index is 6.08. The van der Waals surface area contributed by atoms with Crippen LogP contribution in [-0.4, -0.2) is 22.8 Å². The Bertz CT molecular complexity index is 486. The first-order valence-corrected chi connectivity index (χ1v) is 8.37.